The molecule has 22 heavy (non-hydrogen) atoms. The largest absolute Gasteiger partial charge is 0.358 e. The maximum Gasteiger partial charge on any atom is 0.343 e. The number of imidazole rings is 1. The standard InChI is InChI=1S/C14H27N5O2.ClH/c1-11-17-13(14(18-11)19(20)21)9-8-12(16)7-5-3-2-4-6-10-15;/h12H,2-10,15-16H2,1H3,(H,17,18);1H. The van der Waals surface area contributed by atoms with Crippen LogP contribution in [-0.2, 0) is 6.42 Å². The van der Waals surface area contributed by atoms with Gasteiger partial charge in [-0.25, -0.2) is 9.97 Å². The number of nitrogens with one attached hydrogen (secondary N) is 1. The van der Waals surface area contributed by atoms with Gasteiger partial charge >= 0.3 is 5.82 Å². The number of unbranched alkanes of at least 4 members (excludes halogenated alkanes) is 4. The SMILES string of the molecule is Cc1nc(CCC(N)CCCCCCCN)c([N+](=O)[O-])[nH]1.Cl. The first kappa shape index (κ1) is 20.8. The van der Waals surface area contributed by atoms with Crippen molar-refractivity contribution in [1.29, 1.82) is 0 Å². The van der Waals surface area contributed by atoms with Gasteiger partial charge in [0, 0.05) is 13.0 Å². The summed E-state index contributed by atoms with van der Waals surface area (Å²) in [6.45, 7) is 2.49. The van der Waals surface area contributed by atoms with Gasteiger partial charge in [0.05, 0.1) is 0 Å². The molecule has 1 aromatic heterocycles. The second-order valence-electron chi connectivity index (χ2n) is 5.52. The first-order valence-electron chi connectivity index (χ1n) is 7.70. The zero-order chi connectivity index (χ0) is 15.7. The zero-order valence-corrected chi connectivity index (χ0v) is 14.0. The number of rotatable bonds is 11. The average molecular weight is 334 g/mol. The highest BCUT2D eigenvalue weighted by Crippen LogP contribution is 2.18. The van der Waals surface area contributed by atoms with Crippen LogP contribution >= 0.6 is 12.4 Å². The van der Waals surface area contributed by atoms with Crippen LogP contribution in [0.2, 0.25) is 0 Å². The number of nitrogens with two attached hydrogens (primary N) is 2. The summed E-state index contributed by atoms with van der Waals surface area (Å²) in [7, 11) is 0. The van der Waals surface area contributed by atoms with Crippen molar-refractivity contribution in [1.82, 2.24) is 9.97 Å². The number of nitrogens with zero attached hydrogens (tertiary/aromatic N) is 2. The number of aromatic amines is 1. The van der Waals surface area contributed by atoms with Crippen molar-refractivity contribution in [3.05, 3.63) is 21.6 Å². The summed E-state index contributed by atoms with van der Waals surface area (Å²) in [6.07, 6.45) is 8.00. The van der Waals surface area contributed by atoms with Crippen LogP contribution in [0.5, 0.6) is 0 Å². The molecular weight excluding hydrogens is 306 g/mol. The van der Waals surface area contributed by atoms with Gasteiger partial charge in [0.25, 0.3) is 0 Å². The lowest BCUT2D eigenvalue weighted by atomic mass is 10.0. The Hall–Kier alpha value is -1.18. The topological polar surface area (TPSA) is 124 Å². The van der Waals surface area contributed by atoms with Crippen molar-refractivity contribution in [2.75, 3.05) is 6.54 Å². The van der Waals surface area contributed by atoms with Gasteiger partial charge < -0.3 is 21.6 Å². The van der Waals surface area contributed by atoms with Gasteiger partial charge in [-0.05, 0) is 37.2 Å². The van der Waals surface area contributed by atoms with Crippen LogP contribution < -0.4 is 11.5 Å². The van der Waals surface area contributed by atoms with E-state index in [4.69, 9.17) is 11.5 Å². The first-order valence-corrected chi connectivity index (χ1v) is 7.70. The van der Waals surface area contributed by atoms with Gasteiger partial charge in [-0.3, -0.25) is 0 Å². The molecule has 0 aliphatic rings. The maximum absolute atomic E-state index is 10.9. The molecule has 5 N–H and O–H groups in total. The fourth-order valence-corrected chi connectivity index (χ4v) is 2.40. The van der Waals surface area contributed by atoms with E-state index in [0.717, 1.165) is 32.2 Å². The van der Waals surface area contributed by atoms with E-state index in [2.05, 4.69) is 9.97 Å². The highest BCUT2D eigenvalue weighted by Gasteiger charge is 2.18. The summed E-state index contributed by atoms with van der Waals surface area (Å²) in [5.41, 5.74) is 12.0. The summed E-state index contributed by atoms with van der Waals surface area (Å²) in [4.78, 5) is 17.3. The van der Waals surface area contributed by atoms with E-state index < -0.39 is 4.92 Å². The van der Waals surface area contributed by atoms with Crippen molar-refractivity contribution >= 4 is 18.2 Å². The molecule has 0 radical (unpaired) electrons. The van der Waals surface area contributed by atoms with Gasteiger partial charge in [0.15, 0.2) is 5.82 Å². The molecule has 0 spiro atoms. The number of aromatic nitrogens is 2. The molecule has 128 valence electrons. The van der Waals surface area contributed by atoms with E-state index in [-0.39, 0.29) is 24.3 Å². The Morgan fingerprint density at radius 1 is 1.23 bits per heavy atom. The van der Waals surface area contributed by atoms with Crippen LogP contribution in [0.1, 0.15) is 56.5 Å². The van der Waals surface area contributed by atoms with Crippen molar-refractivity contribution in [2.45, 2.75) is 64.3 Å². The fourth-order valence-electron chi connectivity index (χ4n) is 2.40. The molecule has 0 bridgehead atoms. The van der Waals surface area contributed by atoms with Crippen molar-refractivity contribution in [3.63, 3.8) is 0 Å². The molecule has 7 nitrogen and oxygen atoms in total. The van der Waals surface area contributed by atoms with E-state index in [0.29, 0.717) is 17.9 Å². The van der Waals surface area contributed by atoms with Gasteiger partial charge in [0.1, 0.15) is 5.69 Å². The van der Waals surface area contributed by atoms with Crippen LogP contribution in [-0.4, -0.2) is 27.5 Å². The van der Waals surface area contributed by atoms with Crippen molar-refractivity contribution in [2.24, 2.45) is 11.5 Å². The minimum atomic E-state index is -0.418. The Balaban J connectivity index is 0.00000441. The lowest BCUT2D eigenvalue weighted by Crippen LogP contribution is -2.20. The molecular formula is C14H28ClN5O2. The lowest BCUT2D eigenvalue weighted by Gasteiger charge is -2.10. The molecule has 0 saturated heterocycles. The van der Waals surface area contributed by atoms with E-state index in [1.165, 1.54) is 19.3 Å². The van der Waals surface area contributed by atoms with Crippen molar-refractivity contribution in [3.8, 4) is 0 Å². The number of H-pyrrole nitrogens is 1. The Kier molecular flexibility index (Phi) is 10.8. The number of halogens is 1. The summed E-state index contributed by atoms with van der Waals surface area (Å²) in [6, 6.07) is 0.0797. The summed E-state index contributed by atoms with van der Waals surface area (Å²) in [5, 5.41) is 10.9. The molecule has 1 aromatic rings. The van der Waals surface area contributed by atoms with Crippen LogP contribution in [0, 0.1) is 17.0 Å². The second-order valence-corrected chi connectivity index (χ2v) is 5.52. The van der Waals surface area contributed by atoms with E-state index >= 15 is 0 Å². The van der Waals surface area contributed by atoms with Crippen LogP contribution in [0.3, 0.4) is 0 Å². The van der Waals surface area contributed by atoms with E-state index in [1.54, 1.807) is 6.92 Å². The summed E-state index contributed by atoms with van der Waals surface area (Å²) < 4.78 is 0. The summed E-state index contributed by atoms with van der Waals surface area (Å²) in [5.74, 6) is 0.576. The Morgan fingerprint density at radius 2 is 1.86 bits per heavy atom. The molecule has 0 fully saturated rings. The van der Waals surface area contributed by atoms with E-state index in [9.17, 15) is 10.1 Å². The highest BCUT2D eigenvalue weighted by molar-refractivity contribution is 5.85. The molecule has 0 aliphatic heterocycles. The van der Waals surface area contributed by atoms with E-state index in [1.807, 2.05) is 0 Å². The molecule has 0 aromatic carbocycles. The molecule has 0 saturated carbocycles. The maximum atomic E-state index is 10.9. The lowest BCUT2D eigenvalue weighted by molar-refractivity contribution is -0.390. The zero-order valence-electron chi connectivity index (χ0n) is 13.2. The Labute approximate surface area is 137 Å². The number of nitro groups is 1. The first-order chi connectivity index (χ1) is 10.0. The van der Waals surface area contributed by atoms with Gasteiger partial charge in [-0.15, -0.1) is 12.4 Å². The van der Waals surface area contributed by atoms with Gasteiger partial charge in [-0.2, -0.15) is 0 Å². The van der Waals surface area contributed by atoms with Crippen LogP contribution in [0.15, 0.2) is 0 Å². The second kappa shape index (κ2) is 11.4. The molecule has 1 unspecified atom stereocenters. The molecule has 8 heteroatoms. The average Bonchev–Trinajstić information content (AvgIpc) is 2.82. The fraction of sp³-hybridized carbons (Fsp3) is 0.786. The monoisotopic (exact) mass is 333 g/mol. The minimum absolute atomic E-state index is 0. The predicted molar refractivity (Wildman–Crippen MR) is 90.3 cm³/mol. The third-order valence-corrected chi connectivity index (χ3v) is 3.59. The molecule has 0 aliphatic carbocycles. The van der Waals surface area contributed by atoms with Crippen LogP contribution in [0.25, 0.3) is 0 Å². The molecule has 1 atom stereocenters. The quantitative estimate of drug-likeness (QED) is 0.326. The highest BCUT2D eigenvalue weighted by atomic mass is 35.5. The van der Waals surface area contributed by atoms with Gasteiger partial charge in [-0.1, -0.05) is 25.7 Å². The smallest absolute Gasteiger partial charge is 0.343 e. The molecule has 1 rings (SSSR count). The Bertz CT molecular complexity index is 439. The number of hydrogen-bond acceptors (Lipinski definition) is 5. The third-order valence-electron chi connectivity index (χ3n) is 3.59. The summed E-state index contributed by atoms with van der Waals surface area (Å²) >= 11 is 0. The number of aryl methyl sites for hydroxylation is 2. The number of hydrogen-bond donors (Lipinski definition) is 3. The normalized spacial score (nSPS) is 12.0. The third kappa shape index (κ3) is 7.72. The Morgan fingerprint density at radius 3 is 2.50 bits per heavy atom. The predicted octanol–water partition coefficient (Wildman–Crippen LogP) is 2.61. The van der Waals surface area contributed by atoms with Crippen molar-refractivity contribution < 1.29 is 4.92 Å². The molecule has 0 amide bonds. The van der Waals surface area contributed by atoms with Crippen LogP contribution in [0.4, 0.5) is 5.82 Å². The molecule has 1 heterocycles. The minimum Gasteiger partial charge on any atom is -0.358 e. The van der Waals surface area contributed by atoms with Gasteiger partial charge in [0.2, 0.25) is 0 Å².